The topological polar surface area (TPSA) is 59.0 Å². The van der Waals surface area contributed by atoms with E-state index in [-0.39, 0.29) is 23.9 Å². The minimum atomic E-state index is -0.212. The number of piperidine rings is 2. The molecule has 0 saturated carbocycles. The van der Waals surface area contributed by atoms with Crippen LogP contribution >= 0.6 is 0 Å². The predicted octanol–water partition coefficient (Wildman–Crippen LogP) is 3.02. The van der Waals surface area contributed by atoms with E-state index in [4.69, 9.17) is 9.47 Å². The predicted molar refractivity (Wildman–Crippen MR) is 86.5 cm³/mol. The number of fused-ring (bicyclic) bond motifs is 1. The normalized spacial score (nSPS) is 28.0. The molecule has 3 atom stereocenters. The van der Waals surface area contributed by atoms with Gasteiger partial charge >= 0.3 is 5.97 Å². The molecule has 0 unspecified atom stereocenters. The summed E-state index contributed by atoms with van der Waals surface area (Å²) in [7, 11) is 1.55. The van der Waals surface area contributed by atoms with Crippen LogP contribution in [0.15, 0.2) is 18.2 Å². The molecule has 5 nitrogen and oxygen atoms in total. The van der Waals surface area contributed by atoms with Crippen LogP contribution in [0.2, 0.25) is 0 Å². The van der Waals surface area contributed by atoms with Crippen LogP contribution in [0.25, 0.3) is 0 Å². The third-order valence-corrected chi connectivity index (χ3v) is 5.01. The minimum Gasteiger partial charge on any atom is -0.504 e. The molecule has 0 bridgehead atoms. The first-order valence-corrected chi connectivity index (χ1v) is 8.38. The number of hydrogen-bond donors (Lipinski definition) is 1. The summed E-state index contributed by atoms with van der Waals surface area (Å²) in [5.74, 6) is 0.431. The molecule has 3 rings (SSSR count). The maximum atomic E-state index is 11.4. The van der Waals surface area contributed by atoms with Crippen LogP contribution in [0.1, 0.15) is 50.6 Å². The van der Waals surface area contributed by atoms with Gasteiger partial charge in [0.15, 0.2) is 11.5 Å². The van der Waals surface area contributed by atoms with Gasteiger partial charge in [-0.2, -0.15) is 0 Å². The van der Waals surface area contributed by atoms with Gasteiger partial charge in [0.2, 0.25) is 0 Å². The number of esters is 1. The van der Waals surface area contributed by atoms with Crippen molar-refractivity contribution in [2.24, 2.45) is 0 Å². The number of nitrogens with zero attached hydrogens (tertiary/aromatic N) is 1. The number of ether oxygens (including phenoxy) is 2. The molecule has 126 valence electrons. The van der Waals surface area contributed by atoms with Crippen molar-refractivity contribution in [3.05, 3.63) is 23.8 Å². The lowest BCUT2D eigenvalue weighted by Gasteiger charge is -2.47. The lowest BCUT2D eigenvalue weighted by atomic mass is 9.84. The summed E-state index contributed by atoms with van der Waals surface area (Å²) in [5, 5.41) is 10.1. The Morgan fingerprint density at radius 2 is 2.13 bits per heavy atom. The molecule has 5 heteroatoms. The van der Waals surface area contributed by atoms with Crippen LogP contribution < -0.4 is 4.74 Å². The van der Waals surface area contributed by atoms with Gasteiger partial charge in [-0.05, 0) is 37.1 Å². The molecule has 1 aromatic rings. The Balaban J connectivity index is 1.86. The molecule has 2 fully saturated rings. The molecule has 0 aromatic heterocycles. The van der Waals surface area contributed by atoms with Gasteiger partial charge in [0.1, 0.15) is 6.10 Å². The van der Waals surface area contributed by atoms with E-state index in [1.807, 2.05) is 6.07 Å². The van der Waals surface area contributed by atoms with Crippen LogP contribution in [0.3, 0.4) is 0 Å². The van der Waals surface area contributed by atoms with Gasteiger partial charge in [-0.3, -0.25) is 9.69 Å². The fourth-order valence-corrected chi connectivity index (χ4v) is 4.04. The summed E-state index contributed by atoms with van der Waals surface area (Å²) in [6, 6.07) is 6.22. The number of hydrogen-bond acceptors (Lipinski definition) is 5. The van der Waals surface area contributed by atoms with Gasteiger partial charge in [0.05, 0.1) is 7.11 Å². The average molecular weight is 319 g/mol. The van der Waals surface area contributed by atoms with Gasteiger partial charge < -0.3 is 14.6 Å². The van der Waals surface area contributed by atoms with Crippen LogP contribution in [0.5, 0.6) is 11.5 Å². The number of aromatic hydroxyl groups is 1. The summed E-state index contributed by atoms with van der Waals surface area (Å²) in [4.78, 5) is 13.9. The van der Waals surface area contributed by atoms with Crippen molar-refractivity contribution in [3.63, 3.8) is 0 Å². The summed E-state index contributed by atoms with van der Waals surface area (Å²) in [5.41, 5.74) is 1.06. The first-order valence-electron chi connectivity index (χ1n) is 8.38. The van der Waals surface area contributed by atoms with E-state index in [0.29, 0.717) is 11.8 Å². The molecule has 0 amide bonds. The number of phenolic OH excluding ortho intramolecular Hbond substituents is 1. The van der Waals surface area contributed by atoms with Crippen molar-refractivity contribution < 1.29 is 19.4 Å². The first kappa shape index (κ1) is 16.1. The second-order valence-corrected chi connectivity index (χ2v) is 6.54. The second kappa shape index (κ2) is 6.79. The number of carbonyl (C=O) groups is 1. The maximum Gasteiger partial charge on any atom is 0.302 e. The van der Waals surface area contributed by atoms with Crippen molar-refractivity contribution in [3.8, 4) is 11.5 Å². The van der Waals surface area contributed by atoms with Gasteiger partial charge in [-0.1, -0.05) is 12.5 Å². The molecule has 23 heavy (non-hydrogen) atoms. The van der Waals surface area contributed by atoms with Crippen LogP contribution in [-0.4, -0.2) is 41.8 Å². The van der Waals surface area contributed by atoms with Gasteiger partial charge in [-0.15, -0.1) is 0 Å². The van der Waals surface area contributed by atoms with Crippen molar-refractivity contribution >= 4 is 5.97 Å². The SMILES string of the molecule is COc1ccc([C@@H]2C[C@@H](OC(C)=O)C[C@H]3CCCCN32)cc1O. The fourth-order valence-electron chi connectivity index (χ4n) is 4.04. The van der Waals surface area contributed by atoms with E-state index in [2.05, 4.69) is 4.90 Å². The Kier molecular flexibility index (Phi) is 4.76. The zero-order chi connectivity index (χ0) is 16.4. The maximum absolute atomic E-state index is 11.4. The highest BCUT2D eigenvalue weighted by Gasteiger charge is 2.38. The summed E-state index contributed by atoms with van der Waals surface area (Å²) in [6.45, 7) is 2.54. The van der Waals surface area contributed by atoms with E-state index < -0.39 is 0 Å². The van der Waals surface area contributed by atoms with Gasteiger partial charge in [0.25, 0.3) is 0 Å². The van der Waals surface area contributed by atoms with Gasteiger partial charge in [0, 0.05) is 31.8 Å². The fraction of sp³-hybridized carbons (Fsp3) is 0.611. The Bertz CT molecular complexity index is 574. The lowest BCUT2D eigenvalue weighted by Crippen LogP contribution is -2.49. The standard InChI is InChI=1S/C18H25NO4/c1-12(20)23-15-10-14-5-3-4-8-19(14)16(11-15)13-6-7-18(22-2)17(21)9-13/h6-7,9,14-16,21H,3-5,8,10-11H2,1-2H3/t14-,15+,16+/m1/s1. The molecule has 2 saturated heterocycles. The highest BCUT2D eigenvalue weighted by molar-refractivity contribution is 5.66. The van der Waals surface area contributed by atoms with E-state index in [0.717, 1.165) is 31.4 Å². The average Bonchev–Trinajstić information content (AvgIpc) is 2.53. The molecule has 1 aromatic carbocycles. The Hall–Kier alpha value is -1.75. The highest BCUT2D eigenvalue weighted by Crippen LogP contribution is 2.41. The molecule has 0 radical (unpaired) electrons. The Morgan fingerprint density at radius 1 is 1.30 bits per heavy atom. The Labute approximate surface area is 137 Å². The van der Waals surface area contributed by atoms with E-state index in [1.54, 1.807) is 19.2 Å². The molecular formula is C18H25NO4. The summed E-state index contributed by atoms with van der Waals surface area (Å²) >= 11 is 0. The lowest BCUT2D eigenvalue weighted by molar-refractivity contribution is -0.152. The van der Waals surface area contributed by atoms with Crippen LogP contribution in [-0.2, 0) is 9.53 Å². The van der Waals surface area contributed by atoms with Gasteiger partial charge in [-0.25, -0.2) is 0 Å². The molecular weight excluding hydrogens is 294 g/mol. The molecule has 2 heterocycles. The number of rotatable bonds is 3. The zero-order valence-electron chi connectivity index (χ0n) is 13.8. The Morgan fingerprint density at radius 3 is 2.83 bits per heavy atom. The molecule has 2 aliphatic rings. The van der Waals surface area contributed by atoms with Crippen molar-refractivity contribution in [1.29, 1.82) is 0 Å². The summed E-state index contributed by atoms with van der Waals surface area (Å²) < 4.78 is 10.6. The number of phenols is 1. The molecule has 2 aliphatic heterocycles. The zero-order valence-corrected chi connectivity index (χ0v) is 13.8. The van der Waals surface area contributed by atoms with E-state index >= 15 is 0 Å². The van der Waals surface area contributed by atoms with E-state index in [1.165, 1.54) is 19.8 Å². The van der Waals surface area contributed by atoms with E-state index in [9.17, 15) is 9.90 Å². The molecule has 1 N–H and O–H groups in total. The second-order valence-electron chi connectivity index (χ2n) is 6.54. The van der Waals surface area contributed by atoms with Crippen molar-refractivity contribution in [2.75, 3.05) is 13.7 Å². The number of carbonyl (C=O) groups excluding carboxylic acids is 1. The third-order valence-electron chi connectivity index (χ3n) is 5.01. The minimum absolute atomic E-state index is 0.0407. The molecule has 0 aliphatic carbocycles. The largest absolute Gasteiger partial charge is 0.504 e. The first-order chi connectivity index (χ1) is 11.1. The number of benzene rings is 1. The monoisotopic (exact) mass is 319 g/mol. The van der Waals surface area contributed by atoms with Crippen molar-refractivity contribution in [2.45, 2.75) is 57.2 Å². The highest BCUT2D eigenvalue weighted by atomic mass is 16.5. The molecule has 0 spiro atoms. The smallest absolute Gasteiger partial charge is 0.302 e. The third kappa shape index (κ3) is 3.44. The summed E-state index contributed by atoms with van der Waals surface area (Å²) in [6.07, 6.45) is 5.24. The van der Waals surface area contributed by atoms with Crippen LogP contribution in [0.4, 0.5) is 0 Å². The van der Waals surface area contributed by atoms with Crippen LogP contribution in [0, 0.1) is 0 Å². The van der Waals surface area contributed by atoms with Crippen molar-refractivity contribution in [1.82, 2.24) is 4.90 Å². The quantitative estimate of drug-likeness (QED) is 0.868. The number of methoxy groups -OCH3 is 1.